The fourth-order valence-corrected chi connectivity index (χ4v) is 6.20. The lowest BCUT2D eigenvalue weighted by molar-refractivity contribution is 0.136. The number of rotatable bonds is 8. The molecule has 192 valence electrons. The van der Waals surface area contributed by atoms with Crippen LogP contribution < -0.4 is 9.64 Å². The van der Waals surface area contributed by atoms with Crippen molar-refractivity contribution in [2.24, 2.45) is 0 Å². The lowest BCUT2D eigenvalue weighted by Crippen LogP contribution is -2.52. The summed E-state index contributed by atoms with van der Waals surface area (Å²) in [5, 5.41) is 14.6. The van der Waals surface area contributed by atoms with Crippen LogP contribution in [0.2, 0.25) is 0 Å². The predicted octanol–water partition coefficient (Wildman–Crippen LogP) is 3.84. The molecule has 1 saturated heterocycles. The van der Waals surface area contributed by atoms with E-state index in [1.54, 1.807) is 30.1 Å². The third kappa shape index (κ3) is 4.46. The number of H-pyrrole nitrogens is 1. The third-order valence-electron chi connectivity index (χ3n) is 6.79. The molecule has 5 heterocycles. The summed E-state index contributed by atoms with van der Waals surface area (Å²) >= 11 is 1.74. The van der Waals surface area contributed by atoms with Crippen molar-refractivity contribution in [2.45, 2.75) is 39.7 Å². The molecule has 5 rings (SSSR count). The molecule has 1 N–H and O–H groups in total. The summed E-state index contributed by atoms with van der Waals surface area (Å²) in [5.41, 5.74) is 5.65. The van der Waals surface area contributed by atoms with Crippen LogP contribution in [-0.4, -0.2) is 87.7 Å². The Bertz CT molecular complexity index is 1340. The number of pyridine rings is 1. The number of aryl methyl sites for hydroxylation is 1. The summed E-state index contributed by atoms with van der Waals surface area (Å²) in [6.45, 7) is 13.5. The minimum atomic E-state index is 0.238. The van der Waals surface area contributed by atoms with E-state index in [0.29, 0.717) is 17.4 Å². The summed E-state index contributed by atoms with van der Waals surface area (Å²) in [5.74, 6) is 0.900. The second kappa shape index (κ2) is 10.2. The highest BCUT2D eigenvalue weighted by atomic mass is 32.1. The molecule has 11 heteroatoms. The number of hydrogen-bond acceptors (Lipinski definition) is 9. The molecule has 10 nitrogen and oxygen atoms in total. The van der Waals surface area contributed by atoms with Crippen LogP contribution in [0, 0.1) is 6.92 Å². The van der Waals surface area contributed by atoms with Crippen LogP contribution in [0.15, 0.2) is 18.6 Å². The smallest absolute Gasteiger partial charge is 0.197 e. The number of nitrogens with zero attached hydrogens (tertiary/aromatic N) is 7. The lowest BCUT2D eigenvalue weighted by Gasteiger charge is -2.40. The molecule has 0 saturated carbocycles. The van der Waals surface area contributed by atoms with Crippen molar-refractivity contribution >= 4 is 22.0 Å². The van der Waals surface area contributed by atoms with E-state index in [-0.39, 0.29) is 5.92 Å². The van der Waals surface area contributed by atoms with E-state index >= 15 is 0 Å². The largest absolute Gasteiger partial charge is 0.493 e. The molecule has 0 aromatic carbocycles. The van der Waals surface area contributed by atoms with Crippen molar-refractivity contribution in [3.05, 3.63) is 29.8 Å². The van der Waals surface area contributed by atoms with Gasteiger partial charge in [-0.3, -0.25) is 10.00 Å². The molecular weight excluding hydrogens is 476 g/mol. The van der Waals surface area contributed by atoms with Crippen LogP contribution in [0.3, 0.4) is 0 Å². The number of methoxy groups -OCH3 is 2. The maximum absolute atomic E-state index is 5.58. The standard InChI is InChI=1S/C25H34N8O2S/c1-15(2)20-21(18-11-19(35-6)23-26-14-27-33(23)13-18)29-30-22(20)24-28-17(4)25(36-24)32-8-7-31(9-10-34-5)12-16(32)3/h11,13-16H,7-10,12H2,1-6H3,(H,29,30). The van der Waals surface area contributed by atoms with Gasteiger partial charge in [0.1, 0.15) is 16.3 Å². The normalized spacial score (nSPS) is 17.0. The van der Waals surface area contributed by atoms with Gasteiger partial charge in [-0.2, -0.15) is 10.2 Å². The molecule has 36 heavy (non-hydrogen) atoms. The number of fused-ring (bicyclic) bond motifs is 1. The molecule has 1 aliphatic heterocycles. The molecule has 0 bridgehead atoms. The summed E-state index contributed by atoms with van der Waals surface area (Å²) < 4.78 is 12.6. The zero-order valence-electron chi connectivity index (χ0n) is 21.8. The Hall–Kier alpha value is -3.02. The van der Waals surface area contributed by atoms with Crippen LogP contribution in [0.25, 0.3) is 27.6 Å². The van der Waals surface area contributed by atoms with Crippen molar-refractivity contribution in [1.82, 2.24) is 34.7 Å². The Morgan fingerprint density at radius 1 is 1.25 bits per heavy atom. The number of aromatic nitrogens is 6. The predicted molar refractivity (Wildman–Crippen MR) is 142 cm³/mol. The van der Waals surface area contributed by atoms with E-state index in [1.165, 1.54) is 11.3 Å². The van der Waals surface area contributed by atoms with Crippen LogP contribution in [0.5, 0.6) is 5.75 Å². The average molecular weight is 511 g/mol. The first-order valence-electron chi connectivity index (χ1n) is 12.3. The van der Waals surface area contributed by atoms with Gasteiger partial charge in [-0.05, 0) is 25.8 Å². The van der Waals surface area contributed by atoms with Crippen LogP contribution in [0.4, 0.5) is 5.00 Å². The quantitative estimate of drug-likeness (QED) is 0.382. The molecule has 0 aliphatic carbocycles. The fraction of sp³-hybridized carbons (Fsp3) is 0.520. The van der Waals surface area contributed by atoms with Gasteiger partial charge in [-0.1, -0.05) is 25.2 Å². The van der Waals surface area contributed by atoms with Crippen molar-refractivity contribution in [3.63, 3.8) is 0 Å². The Kier molecular flexibility index (Phi) is 6.96. The molecule has 1 unspecified atom stereocenters. The van der Waals surface area contributed by atoms with Crippen molar-refractivity contribution in [3.8, 4) is 27.7 Å². The lowest BCUT2D eigenvalue weighted by atomic mass is 9.97. The minimum Gasteiger partial charge on any atom is -0.493 e. The van der Waals surface area contributed by atoms with Crippen molar-refractivity contribution in [1.29, 1.82) is 0 Å². The van der Waals surface area contributed by atoms with Gasteiger partial charge in [0, 0.05) is 56.7 Å². The summed E-state index contributed by atoms with van der Waals surface area (Å²) in [6, 6.07) is 2.38. The van der Waals surface area contributed by atoms with Gasteiger partial charge in [0.2, 0.25) is 0 Å². The van der Waals surface area contributed by atoms with Gasteiger partial charge in [0.15, 0.2) is 11.4 Å². The first-order chi connectivity index (χ1) is 17.4. The van der Waals surface area contributed by atoms with Gasteiger partial charge in [0.05, 0.1) is 30.8 Å². The number of thiazole rings is 1. The second-order valence-corrected chi connectivity index (χ2v) is 10.6. The number of piperazine rings is 1. The first kappa shape index (κ1) is 24.7. The third-order valence-corrected chi connectivity index (χ3v) is 8.00. The van der Waals surface area contributed by atoms with E-state index in [2.05, 4.69) is 52.7 Å². The number of nitrogens with one attached hydrogen (secondary N) is 1. The summed E-state index contributed by atoms with van der Waals surface area (Å²) in [4.78, 5) is 14.3. The maximum Gasteiger partial charge on any atom is 0.197 e. The van der Waals surface area contributed by atoms with E-state index in [1.807, 2.05) is 12.3 Å². The first-order valence-corrected chi connectivity index (χ1v) is 13.1. The summed E-state index contributed by atoms with van der Waals surface area (Å²) in [6.07, 6.45) is 3.47. The van der Waals surface area contributed by atoms with E-state index in [4.69, 9.17) is 19.6 Å². The maximum atomic E-state index is 5.58. The SMILES string of the molecule is COCCN1CCN(c2sc(-c3[nH]nc(-c4cc(OC)c5ncnn5c4)c3C(C)C)nc2C)C(C)C1. The molecule has 0 spiro atoms. The number of anilines is 1. The van der Waals surface area contributed by atoms with E-state index in [0.717, 1.165) is 66.0 Å². The Labute approximate surface area is 215 Å². The molecule has 0 amide bonds. The van der Waals surface area contributed by atoms with Crippen molar-refractivity contribution in [2.75, 3.05) is 51.9 Å². The molecular formula is C25H34N8O2S. The molecule has 0 radical (unpaired) electrons. The Morgan fingerprint density at radius 3 is 2.81 bits per heavy atom. The zero-order valence-corrected chi connectivity index (χ0v) is 22.6. The fourth-order valence-electron chi connectivity index (χ4n) is 4.99. The number of hydrogen-bond donors (Lipinski definition) is 1. The van der Waals surface area contributed by atoms with Crippen LogP contribution in [0.1, 0.15) is 37.9 Å². The van der Waals surface area contributed by atoms with Gasteiger partial charge < -0.3 is 14.4 Å². The molecule has 4 aromatic rings. The summed E-state index contributed by atoms with van der Waals surface area (Å²) in [7, 11) is 3.41. The minimum absolute atomic E-state index is 0.238. The second-order valence-electron chi connectivity index (χ2n) is 9.59. The van der Waals surface area contributed by atoms with Gasteiger partial charge >= 0.3 is 0 Å². The van der Waals surface area contributed by atoms with Gasteiger partial charge in [0.25, 0.3) is 0 Å². The van der Waals surface area contributed by atoms with Gasteiger partial charge in [-0.25, -0.2) is 14.5 Å². The topological polar surface area (TPSA) is 96.7 Å². The van der Waals surface area contributed by atoms with Crippen LogP contribution in [-0.2, 0) is 4.74 Å². The highest BCUT2D eigenvalue weighted by Gasteiger charge is 2.29. The molecule has 4 aromatic heterocycles. The highest BCUT2D eigenvalue weighted by molar-refractivity contribution is 7.19. The van der Waals surface area contributed by atoms with Gasteiger partial charge in [-0.15, -0.1) is 0 Å². The van der Waals surface area contributed by atoms with Crippen LogP contribution >= 0.6 is 11.3 Å². The van der Waals surface area contributed by atoms with Crippen molar-refractivity contribution < 1.29 is 9.47 Å². The average Bonchev–Trinajstić information content (AvgIpc) is 3.60. The molecule has 1 fully saturated rings. The molecule has 1 atom stereocenters. The monoisotopic (exact) mass is 510 g/mol. The highest BCUT2D eigenvalue weighted by Crippen LogP contribution is 2.41. The number of ether oxygens (including phenoxy) is 2. The zero-order chi connectivity index (χ0) is 25.4. The Morgan fingerprint density at radius 2 is 2.08 bits per heavy atom. The van der Waals surface area contributed by atoms with E-state index in [9.17, 15) is 0 Å². The number of aromatic amines is 1. The van der Waals surface area contributed by atoms with E-state index < -0.39 is 0 Å². The Balaban J connectivity index is 1.48. The molecule has 1 aliphatic rings.